The fourth-order valence-corrected chi connectivity index (χ4v) is 1.67. The summed E-state index contributed by atoms with van der Waals surface area (Å²) in [5.74, 6) is 0.423. The van der Waals surface area contributed by atoms with Crippen LogP contribution in [-0.2, 0) is 0 Å². The molecule has 1 aromatic carbocycles. The lowest BCUT2D eigenvalue weighted by molar-refractivity contribution is 0.0975. The van der Waals surface area contributed by atoms with Gasteiger partial charge in [-0.3, -0.25) is 4.79 Å². The van der Waals surface area contributed by atoms with E-state index >= 15 is 0 Å². The predicted octanol–water partition coefficient (Wildman–Crippen LogP) is 4.06. The maximum atomic E-state index is 13.4. The van der Waals surface area contributed by atoms with Crippen LogP contribution >= 0.6 is 0 Å². The summed E-state index contributed by atoms with van der Waals surface area (Å²) in [5.41, 5.74) is 1.73. The van der Waals surface area contributed by atoms with Crippen molar-refractivity contribution in [1.82, 2.24) is 0 Å². The van der Waals surface area contributed by atoms with Gasteiger partial charge < -0.3 is 0 Å². The molecule has 1 nitrogen and oxygen atoms in total. The summed E-state index contributed by atoms with van der Waals surface area (Å²) in [4.78, 5) is 11.8. The SMILES string of the molecule is Cc1cc(C(=O)CCC(C)C)cc(C)c1F. The van der Waals surface area contributed by atoms with Gasteiger partial charge in [-0.15, -0.1) is 0 Å². The highest BCUT2D eigenvalue weighted by Crippen LogP contribution is 2.17. The molecule has 0 bridgehead atoms. The van der Waals surface area contributed by atoms with Crippen LogP contribution in [0.5, 0.6) is 0 Å². The van der Waals surface area contributed by atoms with Gasteiger partial charge in [-0.2, -0.15) is 0 Å². The molecule has 0 saturated carbocycles. The molecule has 0 N–H and O–H groups in total. The minimum atomic E-state index is -0.208. The number of Topliss-reactive ketones (excluding diaryl/α,β-unsaturated/α-hetero) is 1. The van der Waals surface area contributed by atoms with Crippen molar-refractivity contribution < 1.29 is 9.18 Å². The first-order valence-corrected chi connectivity index (χ1v) is 5.71. The summed E-state index contributed by atoms with van der Waals surface area (Å²) in [5, 5.41) is 0. The van der Waals surface area contributed by atoms with Gasteiger partial charge in [-0.25, -0.2) is 4.39 Å². The molecule has 0 atom stereocenters. The first-order valence-electron chi connectivity index (χ1n) is 5.71. The van der Waals surface area contributed by atoms with E-state index in [2.05, 4.69) is 13.8 Å². The minimum absolute atomic E-state index is 0.111. The lowest BCUT2D eigenvalue weighted by Crippen LogP contribution is -2.03. The quantitative estimate of drug-likeness (QED) is 0.702. The summed E-state index contributed by atoms with van der Waals surface area (Å²) in [6.07, 6.45) is 1.43. The summed E-state index contributed by atoms with van der Waals surface area (Å²) in [6.45, 7) is 7.58. The van der Waals surface area contributed by atoms with Gasteiger partial charge in [0.15, 0.2) is 5.78 Å². The van der Waals surface area contributed by atoms with Gasteiger partial charge in [-0.1, -0.05) is 13.8 Å². The molecular formula is C14H19FO. The first-order chi connectivity index (χ1) is 7.41. The molecule has 0 aliphatic rings. The fraction of sp³-hybridized carbons (Fsp3) is 0.500. The monoisotopic (exact) mass is 222 g/mol. The molecule has 0 aliphatic carbocycles. The number of carbonyl (C=O) groups is 1. The zero-order valence-electron chi connectivity index (χ0n) is 10.4. The molecule has 2 heteroatoms. The van der Waals surface area contributed by atoms with E-state index in [1.54, 1.807) is 26.0 Å². The van der Waals surface area contributed by atoms with E-state index in [1.807, 2.05) is 0 Å². The minimum Gasteiger partial charge on any atom is -0.294 e. The largest absolute Gasteiger partial charge is 0.294 e. The summed E-state index contributed by atoms with van der Waals surface area (Å²) < 4.78 is 13.4. The average Bonchev–Trinajstić information content (AvgIpc) is 2.21. The van der Waals surface area contributed by atoms with Crippen molar-refractivity contribution in [3.05, 3.63) is 34.6 Å². The molecule has 0 unspecified atom stereocenters. The maximum Gasteiger partial charge on any atom is 0.162 e. The Balaban J connectivity index is 2.84. The highest BCUT2D eigenvalue weighted by atomic mass is 19.1. The van der Waals surface area contributed by atoms with Crippen molar-refractivity contribution in [3.63, 3.8) is 0 Å². The Kier molecular flexibility index (Phi) is 4.22. The number of hydrogen-bond acceptors (Lipinski definition) is 1. The van der Waals surface area contributed by atoms with Crippen molar-refractivity contribution in [2.45, 2.75) is 40.5 Å². The van der Waals surface area contributed by atoms with Gasteiger partial charge in [0.2, 0.25) is 0 Å². The first kappa shape index (κ1) is 12.9. The van der Waals surface area contributed by atoms with Crippen molar-refractivity contribution in [1.29, 1.82) is 0 Å². The van der Waals surface area contributed by atoms with Crippen LogP contribution in [0, 0.1) is 25.6 Å². The third kappa shape index (κ3) is 3.16. The van der Waals surface area contributed by atoms with Crippen LogP contribution in [0.25, 0.3) is 0 Å². The van der Waals surface area contributed by atoms with Gasteiger partial charge in [0.05, 0.1) is 0 Å². The fourth-order valence-electron chi connectivity index (χ4n) is 1.67. The second-order valence-electron chi connectivity index (χ2n) is 4.78. The Morgan fingerprint density at radius 2 is 1.75 bits per heavy atom. The zero-order chi connectivity index (χ0) is 12.3. The van der Waals surface area contributed by atoms with Crippen LogP contribution < -0.4 is 0 Å². The van der Waals surface area contributed by atoms with E-state index in [0.29, 0.717) is 29.0 Å². The Labute approximate surface area is 96.7 Å². The third-order valence-corrected chi connectivity index (χ3v) is 2.71. The molecule has 0 radical (unpaired) electrons. The van der Waals surface area contributed by atoms with Gasteiger partial charge >= 0.3 is 0 Å². The normalized spacial score (nSPS) is 10.9. The molecule has 0 spiro atoms. The molecule has 0 amide bonds. The Hall–Kier alpha value is -1.18. The van der Waals surface area contributed by atoms with Gasteiger partial charge in [0.25, 0.3) is 0 Å². The van der Waals surface area contributed by atoms with Crippen LogP contribution in [0.3, 0.4) is 0 Å². The molecule has 0 fully saturated rings. The number of carbonyl (C=O) groups excluding carboxylic acids is 1. The maximum absolute atomic E-state index is 13.4. The second kappa shape index (κ2) is 5.24. The predicted molar refractivity (Wildman–Crippen MR) is 64.3 cm³/mol. The van der Waals surface area contributed by atoms with Gasteiger partial charge in [0, 0.05) is 12.0 Å². The lowest BCUT2D eigenvalue weighted by Gasteiger charge is -2.07. The Bertz CT molecular complexity index is 371. The van der Waals surface area contributed by atoms with Gasteiger partial charge in [0.1, 0.15) is 5.82 Å². The van der Waals surface area contributed by atoms with Crippen LogP contribution in [-0.4, -0.2) is 5.78 Å². The van der Waals surface area contributed by atoms with Crippen molar-refractivity contribution >= 4 is 5.78 Å². The summed E-state index contributed by atoms with van der Waals surface area (Å²) in [6, 6.07) is 3.29. The van der Waals surface area contributed by atoms with Crippen molar-refractivity contribution in [2.75, 3.05) is 0 Å². The van der Waals surface area contributed by atoms with Crippen LogP contribution in [0.1, 0.15) is 48.2 Å². The molecule has 0 heterocycles. The molecule has 1 aromatic rings. The van der Waals surface area contributed by atoms with Gasteiger partial charge in [-0.05, 0) is 49.4 Å². The summed E-state index contributed by atoms with van der Waals surface area (Å²) in [7, 11) is 0. The van der Waals surface area contributed by atoms with E-state index in [1.165, 1.54) is 0 Å². The highest BCUT2D eigenvalue weighted by molar-refractivity contribution is 5.96. The Morgan fingerprint density at radius 3 is 2.19 bits per heavy atom. The van der Waals surface area contributed by atoms with Crippen molar-refractivity contribution in [3.8, 4) is 0 Å². The van der Waals surface area contributed by atoms with E-state index < -0.39 is 0 Å². The second-order valence-corrected chi connectivity index (χ2v) is 4.78. The number of halogens is 1. The van der Waals surface area contributed by atoms with Crippen molar-refractivity contribution in [2.24, 2.45) is 5.92 Å². The van der Waals surface area contributed by atoms with E-state index in [4.69, 9.17) is 0 Å². The molecule has 1 rings (SSSR count). The molecule has 0 aromatic heterocycles. The van der Waals surface area contributed by atoms with Crippen LogP contribution in [0.15, 0.2) is 12.1 Å². The number of hydrogen-bond donors (Lipinski definition) is 0. The lowest BCUT2D eigenvalue weighted by atomic mass is 9.98. The van der Waals surface area contributed by atoms with Crippen LogP contribution in [0.2, 0.25) is 0 Å². The number of rotatable bonds is 4. The van der Waals surface area contributed by atoms with E-state index in [9.17, 15) is 9.18 Å². The average molecular weight is 222 g/mol. The third-order valence-electron chi connectivity index (χ3n) is 2.71. The molecule has 0 saturated heterocycles. The molecule has 16 heavy (non-hydrogen) atoms. The molecule has 88 valence electrons. The number of ketones is 1. The standard InChI is InChI=1S/C14H19FO/c1-9(2)5-6-13(16)12-7-10(3)14(15)11(4)8-12/h7-9H,5-6H2,1-4H3. The topological polar surface area (TPSA) is 17.1 Å². The van der Waals surface area contributed by atoms with Crippen LogP contribution in [0.4, 0.5) is 4.39 Å². The zero-order valence-corrected chi connectivity index (χ0v) is 10.4. The smallest absolute Gasteiger partial charge is 0.162 e. The highest BCUT2D eigenvalue weighted by Gasteiger charge is 2.11. The Morgan fingerprint density at radius 1 is 1.25 bits per heavy atom. The molecule has 0 aliphatic heterocycles. The molecular weight excluding hydrogens is 203 g/mol. The number of aryl methyl sites for hydroxylation is 2. The summed E-state index contributed by atoms with van der Waals surface area (Å²) >= 11 is 0. The number of benzene rings is 1. The van der Waals surface area contributed by atoms with E-state index in [-0.39, 0.29) is 11.6 Å². The van der Waals surface area contributed by atoms with E-state index in [0.717, 1.165) is 6.42 Å².